The van der Waals surface area contributed by atoms with Crippen LogP contribution in [0.3, 0.4) is 0 Å². The highest BCUT2D eigenvalue weighted by Gasteiger charge is 2.19. The highest BCUT2D eigenvalue weighted by atomic mass is 16.4. The molecule has 0 aliphatic heterocycles. The maximum absolute atomic E-state index is 10.6. The molecule has 14 heavy (non-hydrogen) atoms. The van der Waals surface area contributed by atoms with E-state index in [0.29, 0.717) is 6.42 Å². The van der Waals surface area contributed by atoms with Crippen LogP contribution in [0, 0.1) is 5.92 Å². The molecule has 0 radical (unpaired) electrons. The Balaban J connectivity index is 4.15. The summed E-state index contributed by atoms with van der Waals surface area (Å²) in [6.45, 7) is 1.96. The van der Waals surface area contributed by atoms with Crippen LogP contribution in [0.25, 0.3) is 0 Å². The molecular formula is C9H15NO4-2. The van der Waals surface area contributed by atoms with E-state index in [1.165, 1.54) is 0 Å². The minimum absolute atomic E-state index is 0.228. The van der Waals surface area contributed by atoms with E-state index in [1.54, 1.807) is 0 Å². The lowest BCUT2D eigenvalue weighted by Crippen LogP contribution is -2.52. The lowest BCUT2D eigenvalue weighted by Gasteiger charge is -2.25. The second-order valence-corrected chi connectivity index (χ2v) is 3.27. The third-order valence-electron chi connectivity index (χ3n) is 2.13. The van der Waals surface area contributed by atoms with E-state index >= 15 is 0 Å². The van der Waals surface area contributed by atoms with Gasteiger partial charge in [-0.1, -0.05) is 26.2 Å². The summed E-state index contributed by atoms with van der Waals surface area (Å²) in [4.78, 5) is 20.9. The predicted molar refractivity (Wildman–Crippen MR) is 45.6 cm³/mol. The Labute approximate surface area is 82.9 Å². The zero-order valence-electron chi connectivity index (χ0n) is 8.19. The molecule has 5 nitrogen and oxygen atoms in total. The van der Waals surface area contributed by atoms with E-state index in [-0.39, 0.29) is 6.42 Å². The van der Waals surface area contributed by atoms with E-state index in [0.717, 1.165) is 12.8 Å². The van der Waals surface area contributed by atoms with Crippen molar-refractivity contribution in [3.63, 3.8) is 0 Å². The van der Waals surface area contributed by atoms with E-state index < -0.39 is 23.9 Å². The second-order valence-electron chi connectivity index (χ2n) is 3.27. The summed E-state index contributed by atoms with van der Waals surface area (Å²) in [6.07, 6.45) is 2.64. The Morgan fingerprint density at radius 2 is 1.79 bits per heavy atom. The zero-order chi connectivity index (χ0) is 11.1. The van der Waals surface area contributed by atoms with Crippen molar-refractivity contribution >= 4 is 11.9 Å². The molecule has 2 atom stereocenters. The van der Waals surface area contributed by atoms with Crippen molar-refractivity contribution in [3.8, 4) is 0 Å². The van der Waals surface area contributed by atoms with Crippen molar-refractivity contribution in [1.29, 1.82) is 0 Å². The Kier molecular flexibility index (Phi) is 5.87. The van der Waals surface area contributed by atoms with Gasteiger partial charge in [0, 0.05) is 11.9 Å². The van der Waals surface area contributed by atoms with Gasteiger partial charge in [0.1, 0.15) is 0 Å². The van der Waals surface area contributed by atoms with Crippen molar-refractivity contribution in [2.24, 2.45) is 11.7 Å². The Bertz CT molecular complexity index is 205. The Hall–Kier alpha value is -1.10. The SMILES string of the molecule is CCCCCC(C(=O)[O-])C(N)C(=O)[O-]. The summed E-state index contributed by atoms with van der Waals surface area (Å²) in [5.74, 6) is -4.11. The van der Waals surface area contributed by atoms with Gasteiger partial charge in [-0.15, -0.1) is 0 Å². The van der Waals surface area contributed by atoms with Crippen LogP contribution in [0.4, 0.5) is 0 Å². The standard InChI is InChI=1S/C9H17NO4/c1-2-3-4-5-6(8(11)12)7(10)9(13)14/h6-7H,2-5,10H2,1H3,(H,11,12)(H,13,14)/p-2. The van der Waals surface area contributed by atoms with Crippen LogP contribution in [0.5, 0.6) is 0 Å². The number of carboxylic acids is 2. The monoisotopic (exact) mass is 201 g/mol. The fourth-order valence-corrected chi connectivity index (χ4v) is 1.22. The summed E-state index contributed by atoms with van der Waals surface area (Å²) in [7, 11) is 0. The topological polar surface area (TPSA) is 106 Å². The lowest BCUT2D eigenvalue weighted by molar-refractivity contribution is -0.322. The lowest BCUT2D eigenvalue weighted by atomic mass is 9.94. The molecule has 0 saturated heterocycles. The number of carbonyl (C=O) groups is 2. The molecule has 0 spiro atoms. The van der Waals surface area contributed by atoms with Crippen LogP contribution in [-0.2, 0) is 9.59 Å². The molecule has 0 aromatic carbocycles. The molecule has 82 valence electrons. The molecule has 0 heterocycles. The van der Waals surface area contributed by atoms with Crippen molar-refractivity contribution in [1.82, 2.24) is 0 Å². The molecule has 0 aromatic rings. The second kappa shape index (κ2) is 6.37. The first-order chi connectivity index (χ1) is 6.50. The molecule has 0 aromatic heterocycles. The van der Waals surface area contributed by atoms with Crippen LogP contribution in [-0.4, -0.2) is 18.0 Å². The van der Waals surface area contributed by atoms with Gasteiger partial charge in [0.05, 0.1) is 12.0 Å². The summed E-state index contributed by atoms with van der Waals surface area (Å²) in [6, 6.07) is -1.48. The first-order valence-electron chi connectivity index (χ1n) is 4.68. The Morgan fingerprint density at radius 1 is 1.21 bits per heavy atom. The van der Waals surface area contributed by atoms with Gasteiger partial charge < -0.3 is 25.5 Å². The van der Waals surface area contributed by atoms with Crippen LogP contribution in [0.2, 0.25) is 0 Å². The molecule has 0 amide bonds. The van der Waals surface area contributed by atoms with E-state index in [9.17, 15) is 19.8 Å². The number of rotatable bonds is 7. The summed E-state index contributed by atoms with van der Waals surface area (Å²) >= 11 is 0. The number of unbranched alkanes of at least 4 members (excludes halogenated alkanes) is 2. The normalized spacial score (nSPS) is 14.7. The van der Waals surface area contributed by atoms with Crippen LogP contribution < -0.4 is 15.9 Å². The first kappa shape index (κ1) is 12.9. The minimum Gasteiger partial charge on any atom is -0.550 e. The molecule has 0 bridgehead atoms. The van der Waals surface area contributed by atoms with Gasteiger partial charge in [-0.05, 0) is 6.42 Å². The average molecular weight is 201 g/mol. The van der Waals surface area contributed by atoms with Gasteiger partial charge in [-0.3, -0.25) is 0 Å². The smallest absolute Gasteiger partial charge is 0.0588 e. The quantitative estimate of drug-likeness (QED) is 0.480. The van der Waals surface area contributed by atoms with Crippen LogP contribution >= 0.6 is 0 Å². The molecule has 0 rings (SSSR count). The summed E-state index contributed by atoms with van der Waals surface area (Å²) in [5, 5.41) is 20.9. The molecule has 2 N–H and O–H groups in total. The molecular weight excluding hydrogens is 186 g/mol. The van der Waals surface area contributed by atoms with E-state index in [4.69, 9.17) is 5.73 Å². The molecule has 0 aliphatic rings. The largest absolute Gasteiger partial charge is 0.550 e. The third-order valence-corrected chi connectivity index (χ3v) is 2.13. The molecule has 5 heteroatoms. The van der Waals surface area contributed by atoms with Crippen molar-refractivity contribution in [2.75, 3.05) is 0 Å². The number of hydrogen-bond donors (Lipinski definition) is 1. The highest BCUT2D eigenvalue weighted by molar-refractivity contribution is 5.80. The van der Waals surface area contributed by atoms with E-state index in [1.807, 2.05) is 6.92 Å². The predicted octanol–water partition coefficient (Wildman–Crippen LogP) is -1.99. The fraction of sp³-hybridized carbons (Fsp3) is 0.778. The van der Waals surface area contributed by atoms with Crippen LogP contribution in [0.1, 0.15) is 32.6 Å². The van der Waals surface area contributed by atoms with Gasteiger partial charge in [-0.25, -0.2) is 0 Å². The first-order valence-corrected chi connectivity index (χ1v) is 4.68. The molecule has 0 aliphatic carbocycles. The maximum atomic E-state index is 10.6. The van der Waals surface area contributed by atoms with Gasteiger partial charge in [0.15, 0.2) is 0 Å². The average Bonchev–Trinajstić information content (AvgIpc) is 2.10. The fourth-order valence-electron chi connectivity index (χ4n) is 1.22. The number of carboxylic acid groups (broad SMARTS) is 2. The highest BCUT2D eigenvalue weighted by Crippen LogP contribution is 2.12. The molecule has 0 saturated carbocycles. The van der Waals surface area contributed by atoms with E-state index in [2.05, 4.69) is 0 Å². The Morgan fingerprint density at radius 3 is 2.14 bits per heavy atom. The van der Waals surface area contributed by atoms with Gasteiger partial charge in [0.25, 0.3) is 0 Å². The number of aliphatic carboxylic acids is 2. The van der Waals surface area contributed by atoms with Crippen molar-refractivity contribution < 1.29 is 19.8 Å². The van der Waals surface area contributed by atoms with Crippen molar-refractivity contribution in [2.45, 2.75) is 38.6 Å². The number of hydrogen-bond acceptors (Lipinski definition) is 5. The van der Waals surface area contributed by atoms with Gasteiger partial charge in [-0.2, -0.15) is 0 Å². The molecule has 2 unspecified atom stereocenters. The van der Waals surface area contributed by atoms with Gasteiger partial charge >= 0.3 is 0 Å². The minimum atomic E-state index is -1.55. The third kappa shape index (κ3) is 4.23. The maximum Gasteiger partial charge on any atom is 0.0588 e. The van der Waals surface area contributed by atoms with Crippen LogP contribution in [0.15, 0.2) is 0 Å². The molecule has 0 fully saturated rings. The zero-order valence-corrected chi connectivity index (χ0v) is 8.19. The van der Waals surface area contributed by atoms with Gasteiger partial charge in [0.2, 0.25) is 0 Å². The summed E-state index contributed by atoms with van der Waals surface area (Å²) < 4.78 is 0. The number of nitrogens with two attached hydrogens (primary N) is 1. The summed E-state index contributed by atoms with van der Waals surface area (Å²) in [5.41, 5.74) is 5.16. The van der Waals surface area contributed by atoms with Crippen molar-refractivity contribution in [3.05, 3.63) is 0 Å². The number of carbonyl (C=O) groups excluding carboxylic acids is 2.